The maximum absolute atomic E-state index is 12.1. The Bertz CT molecular complexity index is 533. The summed E-state index contributed by atoms with van der Waals surface area (Å²) < 4.78 is 5.00. The van der Waals surface area contributed by atoms with E-state index in [1.54, 1.807) is 32.9 Å². The summed E-state index contributed by atoms with van der Waals surface area (Å²) >= 11 is 9.14. The third-order valence-corrected chi connectivity index (χ3v) is 3.27. The predicted octanol–water partition coefficient (Wildman–Crippen LogP) is 4.00. The van der Waals surface area contributed by atoms with Crippen LogP contribution in [0.5, 0.6) is 0 Å². The number of carbonyl (C=O) groups is 2. The molecule has 0 aliphatic rings. The van der Waals surface area contributed by atoms with Gasteiger partial charge < -0.3 is 9.57 Å². The molecule has 0 atom stereocenters. The molecule has 5 nitrogen and oxygen atoms in total. The number of rotatable bonds is 5. The molecule has 23 heavy (non-hydrogen) atoms. The Hall–Kier alpha value is -1.27. The lowest BCUT2D eigenvalue weighted by molar-refractivity contribution is -0.00130. The van der Waals surface area contributed by atoms with Crippen LogP contribution in [0.3, 0.4) is 0 Å². The summed E-state index contributed by atoms with van der Waals surface area (Å²) in [7, 11) is 0. The number of amides is 1. The zero-order valence-electron chi connectivity index (χ0n) is 13.4. The lowest BCUT2D eigenvalue weighted by Crippen LogP contribution is -2.34. The first-order valence-electron chi connectivity index (χ1n) is 7.20. The van der Waals surface area contributed by atoms with Crippen LogP contribution in [0.1, 0.15) is 42.3 Å². The zero-order valence-corrected chi connectivity index (χ0v) is 15.8. The van der Waals surface area contributed by atoms with Gasteiger partial charge in [-0.2, -0.15) is 0 Å². The average Bonchev–Trinajstić information content (AvgIpc) is 2.43. The standard InChI is InChI=1S/C16H21BrClNO4/c1-16(2,3)22-15(21)19-23-14(20)13-9-11(4-6-17)8-12(10-13)5-7-18/h8-10H,4-7H2,1-3H3,(H,19,21). The zero-order chi connectivity index (χ0) is 17.5. The normalized spacial score (nSPS) is 11.0. The summed E-state index contributed by atoms with van der Waals surface area (Å²) in [6, 6.07) is 5.44. The van der Waals surface area contributed by atoms with Gasteiger partial charge in [0.2, 0.25) is 0 Å². The number of aryl methyl sites for hydroxylation is 2. The van der Waals surface area contributed by atoms with Crippen LogP contribution in [0.15, 0.2) is 18.2 Å². The van der Waals surface area contributed by atoms with Gasteiger partial charge in [-0.3, -0.25) is 0 Å². The molecule has 1 N–H and O–H groups in total. The number of benzene rings is 1. The molecule has 1 rings (SSSR count). The van der Waals surface area contributed by atoms with Crippen molar-refractivity contribution in [2.24, 2.45) is 0 Å². The second kappa shape index (κ2) is 9.13. The van der Waals surface area contributed by atoms with Crippen molar-refractivity contribution in [2.75, 3.05) is 11.2 Å². The van der Waals surface area contributed by atoms with Gasteiger partial charge in [0.25, 0.3) is 0 Å². The molecule has 0 radical (unpaired) electrons. The Kier molecular flexibility index (Phi) is 7.85. The maximum atomic E-state index is 12.1. The highest BCUT2D eigenvalue weighted by molar-refractivity contribution is 9.09. The summed E-state index contributed by atoms with van der Waals surface area (Å²) in [5.41, 5.74) is 3.63. The quantitative estimate of drug-likeness (QED) is 0.593. The van der Waals surface area contributed by atoms with E-state index in [1.165, 1.54) is 0 Å². The summed E-state index contributed by atoms with van der Waals surface area (Å²) in [5.74, 6) is -0.189. The van der Waals surface area contributed by atoms with Crippen molar-refractivity contribution in [1.29, 1.82) is 0 Å². The highest BCUT2D eigenvalue weighted by atomic mass is 79.9. The first-order valence-corrected chi connectivity index (χ1v) is 8.85. The first-order chi connectivity index (χ1) is 10.7. The van der Waals surface area contributed by atoms with Crippen molar-refractivity contribution in [1.82, 2.24) is 5.48 Å². The van der Waals surface area contributed by atoms with E-state index in [4.69, 9.17) is 21.2 Å². The minimum absolute atomic E-state index is 0.361. The third kappa shape index (κ3) is 7.70. The van der Waals surface area contributed by atoms with Crippen LogP contribution in [-0.2, 0) is 22.4 Å². The molecule has 1 aromatic rings. The SMILES string of the molecule is CC(C)(C)OC(=O)NOC(=O)c1cc(CCCl)cc(CCBr)c1. The van der Waals surface area contributed by atoms with E-state index < -0.39 is 17.7 Å². The number of hydroxylamine groups is 1. The number of ether oxygens (including phenoxy) is 1. The van der Waals surface area contributed by atoms with E-state index in [-0.39, 0.29) is 0 Å². The van der Waals surface area contributed by atoms with Gasteiger partial charge in [-0.1, -0.05) is 22.0 Å². The summed E-state index contributed by atoms with van der Waals surface area (Å²) in [4.78, 5) is 28.4. The fourth-order valence-electron chi connectivity index (χ4n) is 1.83. The Labute approximate surface area is 149 Å². The molecule has 0 bridgehead atoms. The van der Waals surface area contributed by atoms with Gasteiger partial charge in [0, 0.05) is 11.2 Å². The molecule has 0 aromatic heterocycles. The molecule has 0 unspecified atom stereocenters. The van der Waals surface area contributed by atoms with Crippen molar-refractivity contribution in [3.8, 4) is 0 Å². The topological polar surface area (TPSA) is 64.6 Å². The molecule has 0 fully saturated rings. The maximum Gasteiger partial charge on any atom is 0.441 e. The van der Waals surface area contributed by atoms with Crippen LogP contribution in [0, 0.1) is 0 Å². The molecule has 0 saturated heterocycles. The molecule has 1 aromatic carbocycles. The van der Waals surface area contributed by atoms with Crippen molar-refractivity contribution < 1.29 is 19.2 Å². The van der Waals surface area contributed by atoms with Gasteiger partial charge in [0.05, 0.1) is 5.56 Å². The molecule has 128 valence electrons. The first kappa shape index (κ1) is 19.8. The van der Waals surface area contributed by atoms with E-state index in [0.717, 1.165) is 22.9 Å². The van der Waals surface area contributed by atoms with E-state index >= 15 is 0 Å². The largest absolute Gasteiger partial charge is 0.442 e. The molecular formula is C16H21BrClNO4. The van der Waals surface area contributed by atoms with E-state index in [1.807, 2.05) is 11.5 Å². The van der Waals surface area contributed by atoms with Gasteiger partial charge >= 0.3 is 12.1 Å². The second-order valence-electron chi connectivity index (χ2n) is 5.91. The summed E-state index contributed by atoms with van der Waals surface area (Å²) in [6.45, 7) is 5.16. The number of alkyl halides is 2. The van der Waals surface area contributed by atoms with Gasteiger partial charge in [-0.15, -0.1) is 17.1 Å². The van der Waals surface area contributed by atoms with Crippen LogP contribution in [0.2, 0.25) is 0 Å². The second-order valence-corrected chi connectivity index (χ2v) is 7.08. The van der Waals surface area contributed by atoms with Crippen molar-refractivity contribution in [3.63, 3.8) is 0 Å². The van der Waals surface area contributed by atoms with Crippen LogP contribution in [0.25, 0.3) is 0 Å². The third-order valence-electron chi connectivity index (χ3n) is 2.68. The van der Waals surface area contributed by atoms with Gasteiger partial charge in [0.15, 0.2) is 0 Å². The average molecular weight is 407 g/mol. The Morgan fingerprint density at radius 1 is 1.17 bits per heavy atom. The van der Waals surface area contributed by atoms with Crippen LogP contribution in [0.4, 0.5) is 4.79 Å². The van der Waals surface area contributed by atoms with Crippen molar-refractivity contribution in [3.05, 3.63) is 34.9 Å². The molecule has 0 saturated carbocycles. The van der Waals surface area contributed by atoms with Crippen LogP contribution < -0.4 is 5.48 Å². The number of hydrogen-bond acceptors (Lipinski definition) is 4. The summed E-state index contributed by atoms with van der Waals surface area (Å²) in [6.07, 6.45) is 0.608. The van der Waals surface area contributed by atoms with Gasteiger partial charge in [-0.05, 0) is 56.9 Å². The Morgan fingerprint density at radius 2 is 1.78 bits per heavy atom. The smallest absolute Gasteiger partial charge is 0.441 e. The number of carbonyl (C=O) groups excluding carboxylic acids is 2. The number of nitrogens with one attached hydrogen (secondary N) is 1. The fourth-order valence-corrected chi connectivity index (χ4v) is 2.51. The Morgan fingerprint density at radius 3 is 2.30 bits per heavy atom. The molecule has 0 aliphatic heterocycles. The molecule has 7 heteroatoms. The minimum Gasteiger partial charge on any atom is -0.442 e. The fraction of sp³-hybridized carbons (Fsp3) is 0.500. The molecule has 0 heterocycles. The number of halogens is 2. The lowest BCUT2D eigenvalue weighted by atomic mass is 10.0. The van der Waals surface area contributed by atoms with Crippen molar-refractivity contribution in [2.45, 2.75) is 39.2 Å². The molecular weight excluding hydrogens is 386 g/mol. The minimum atomic E-state index is -0.816. The molecule has 1 amide bonds. The molecule has 0 spiro atoms. The van der Waals surface area contributed by atoms with Crippen molar-refractivity contribution >= 4 is 39.6 Å². The predicted molar refractivity (Wildman–Crippen MR) is 93.1 cm³/mol. The molecule has 0 aliphatic carbocycles. The van der Waals surface area contributed by atoms with E-state index in [0.29, 0.717) is 17.9 Å². The van der Waals surface area contributed by atoms with Gasteiger partial charge in [0.1, 0.15) is 5.60 Å². The van der Waals surface area contributed by atoms with E-state index in [2.05, 4.69) is 15.9 Å². The highest BCUT2D eigenvalue weighted by Gasteiger charge is 2.18. The Balaban J connectivity index is 2.76. The summed E-state index contributed by atoms with van der Waals surface area (Å²) in [5, 5.41) is 0.780. The van der Waals surface area contributed by atoms with Crippen LogP contribution in [-0.4, -0.2) is 28.9 Å². The van der Waals surface area contributed by atoms with Gasteiger partial charge in [-0.25, -0.2) is 9.59 Å². The monoisotopic (exact) mass is 405 g/mol. The van der Waals surface area contributed by atoms with E-state index in [9.17, 15) is 9.59 Å². The lowest BCUT2D eigenvalue weighted by Gasteiger charge is -2.19. The van der Waals surface area contributed by atoms with Crippen LogP contribution >= 0.6 is 27.5 Å². The number of hydrogen-bond donors (Lipinski definition) is 1. The highest BCUT2D eigenvalue weighted by Crippen LogP contribution is 2.14.